The average Bonchev–Trinajstić information content (AvgIpc) is 2.71. The van der Waals surface area contributed by atoms with Crippen molar-refractivity contribution in [2.24, 2.45) is 0 Å². The van der Waals surface area contributed by atoms with Gasteiger partial charge >= 0.3 is 5.97 Å². The van der Waals surface area contributed by atoms with Crippen LogP contribution in [0.15, 0.2) is 30.0 Å². The molecule has 0 unspecified atom stereocenters. The van der Waals surface area contributed by atoms with E-state index in [0.29, 0.717) is 10.8 Å². The van der Waals surface area contributed by atoms with Gasteiger partial charge in [-0.15, -0.1) is 11.3 Å². The molecule has 15 heavy (non-hydrogen) atoms. The molecule has 0 bridgehead atoms. The molecule has 0 atom stereocenters. The number of pyridine rings is 1. The number of nitrogens with one attached hydrogen (secondary N) is 1. The molecular weight excluding hydrogens is 214 g/mol. The summed E-state index contributed by atoms with van der Waals surface area (Å²) in [6, 6.07) is 1.51. The van der Waals surface area contributed by atoms with E-state index in [0.717, 1.165) is 0 Å². The quantitative estimate of drug-likeness (QED) is 0.828. The second-order valence-corrected chi connectivity index (χ2v) is 3.62. The summed E-state index contributed by atoms with van der Waals surface area (Å²) in [6.45, 7) is 0. The molecule has 2 aromatic rings. The molecule has 0 aliphatic carbocycles. The Bertz CT molecular complexity index is 470. The molecule has 2 aromatic heterocycles. The highest BCUT2D eigenvalue weighted by Gasteiger charge is 2.04. The van der Waals surface area contributed by atoms with Crippen LogP contribution in [-0.4, -0.2) is 21.0 Å². The normalized spacial score (nSPS) is 9.87. The number of hydrogen-bond donors (Lipinski definition) is 2. The molecule has 6 heteroatoms. The number of anilines is 2. The van der Waals surface area contributed by atoms with Crippen molar-refractivity contribution in [3.63, 3.8) is 0 Å². The van der Waals surface area contributed by atoms with Crippen LogP contribution in [0.5, 0.6) is 0 Å². The van der Waals surface area contributed by atoms with Crippen molar-refractivity contribution in [1.82, 2.24) is 9.97 Å². The molecule has 0 saturated carbocycles. The summed E-state index contributed by atoms with van der Waals surface area (Å²) in [7, 11) is 0. The van der Waals surface area contributed by atoms with Gasteiger partial charge in [0.15, 0.2) is 5.13 Å². The average molecular weight is 221 g/mol. The molecule has 0 amide bonds. The topological polar surface area (TPSA) is 75.1 Å². The lowest BCUT2D eigenvalue weighted by molar-refractivity contribution is 0.0696. The first-order valence-electron chi connectivity index (χ1n) is 4.10. The monoisotopic (exact) mass is 221 g/mol. The first kappa shape index (κ1) is 9.60. The second kappa shape index (κ2) is 4.05. The Labute approximate surface area is 89.4 Å². The number of carboxylic acids is 1. The molecule has 0 aliphatic heterocycles. The van der Waals surface area contributed by atoms with Crippen LogP contribution in [0.25, 0.3) is 0 Å². The van der Waals surface area contributed by atoms with Gasteiger partial charge in [0.05, 0.1) is 17.4 Å². The first-order chi connectivity index (χ1) is 7.25. The summed E-state index contributed by atoms with van der Waals surface area (Å²) < 4.78 is 0. The van der Waals surface area contributed by atoms with Crippen molar-refractivity contribution >= 4 is 28.1 Å². The van der Waals surface area contributed by atoms with Gasteiger partial charge in [-0.1, -0.05) is 0 Å². The Morgan fingerprint density at radius 2 is 2.33 bits per heavy atom. The zero-order chi connectivity index (χ0) is 10.7. The van der Waals surface area contributed by atoms with Crippen LogP contribution < -0.4 is 5.32 Å². The second-order valence-electron chi connectivity index (χ2n) is 2.73. The molecule has 0 spiro atoms. The van der Waals surface area contributed by atoms with Gasteiger partial charge in [0, 0.05) is 17.8 Å². The summed E-state index contributed by atoms with van der Waals surface area (Å²) in [5, 5.41) is 14.3. The molecule has 0 saturated heterocycles. The van der Waals surface area contributed by atoms with Gasteiger partial charge in [0.2, 0.25) is 0 Å². The van der Waals surface area contributed by atoms with Gasteiger partial charge in [0.1, 0.15) is 0 Å². The van der Waals surface area contributed by atoms with E-state index in [4.69, 9.17) is 5.11 Å². The van der Waals surface area contributed by atoms with Crippen molar-refractivity contribution in [2.75, 3.05) is 5.32 Å². The lowest BCUT2D eigenvalue weighted by atomic mass is 10.3. The first-order valence-corrected chi connectivity index (χ1v) is 4.98. The van der Waals surface area contributed by atoms with Crippen LogP contribution in [0.3, 0.4) is 0 Å². The summed E-state index contributed by atoms with van der Waals surface area (Å²) in [4.78, 5) is 18.5. The van der Waals surface area contributed by atoms with E-state index in [9.17, 15) is 4.79 Å². The number of rotatable bonds is 3. The van der Waals surface area contributed by atoms with E-state index in [2.05, 4.69) is 15.3 Å². The lowest BCUT2D eigenvalue weighted by Crippen LogP contribution is -1.99. The highest BCUT2D eigenvalue weighted by molar-refractivity contribution is 7.13. The minimum atomic E-state index is -0.995. The van der Waals surface area contributed by atoms with E-state index in [1.165, 1.54) is 23.6 Å². The molecule has 0 aliphatic rings. The maximum Gasteiger partial charge on any atom is 0.337 e. The van der Waals surface area contributed by atoms with E-state index >= 15 is 0 Å². The minimum Gasteiger partial charge on any atom is -0.478 e. The summed E-state index contributed by atoms with van der Waals surface area (Å²) in [5.74, 6) is -0.995. The Morgan fingerprint density at radius 3 is 3.00 bits per heavy atom. The number of carbonyl (C=O) groups is 1. The number of aromatic nitrogens is 2. The van der Waals surface area contributed by atoms with Gasteiger partial charge in [-0.3, -0.25) is 4.98 Å². The van der Waals surface area contributed by atoms with Crippen LogP contribution in [0, 0.1) is 0 Å². The number of nitrogens with zero attached hydrogens (tertiary/aromatic N) is 2. The third-order valence-electron chi connectivity index (χ3n) is 1.67. The standard InChI is InChI=1S/C9H7N3O2S/c13-8(14)6-3-7(5-10-4-6)12-9-11-1-2-15-9/h1-5H,(H,11,12)(H,13,14). The van der Waals surface area contributed by atoms with Crippen molar-refractivity contribution in [3.8, 4) is 0 Å². The molecule has 2 rings (SSSR count). The molecule has 5 nitrogen and oxygen atoms in total. The van der Waals surface area contributed by atoms with Crippen LogP contribution in [0.2, 0.25) is 0 Å². The van der Waals surface area contributed by atoms with Gasteiger partial charge in [-0.2, -0.15) is 0 Å². The van der Waals surface area contributed by atoms with E-state index in [1.54, 1.807) is 12.4 Å². The molecule has 2 N–H and O–H groups in total. The third-order valence-corrected chi connectivity index (χ3v) is 2.36. The number of aromatic carboxylic acids is 1. The smallest absolute Gasteiger partial charge is 0.337 e. The fraction of sp³-hybridized carbons (Fsp3) is 0. The molecule has 76 valence electrons. The highest BCUT2D eigenvalue weighted by atomic mass is 32.1. The Morgan fingerprint density at radius 1 is 1.47 bits per heavy atom. The molecular formula is C9H7N3O2S. The van der Waals surface area contributed by atoms with Crippen molar-refractivity contribution in [2.45, 2.75) is 0 Å². The predicted molar refractivity (Wildman–Crippen MR) is 56.6 cm³/mol. The SMILES string of the molecule is O=C(O)c1cncc(Nc2nccs2)c1. The van der Waals surface area contributed by atoms with Crippen molar-refractivity contribution in [3.05, 3.63) is 35.6 Å². The Balaban J connectivity index is 2.22. The number of carboxylic acid groups (broad SMARTS) is 1. The van der Waals surface area contributed by atoms with Crippen molar-refractivity contribution < 1.29 is 9.90 Å². The predicted octanol–water partition coefficient (Wildman–Crippen LogP) is 1.98. The van der Waals surface area contributed by atoms with Gasteiger partial charge in [-0.05, 0) is 6.07 Å². The molecule has 0 fully saturated rings. The van der Waals surface area contributed by atoms with Crippen LogP contribution in [0.4, 0.5) is 10.8 Å². The van der Waals surface area contributed by atoms with E-state index in [-0.39, 0.29) is 5.56 Å². The molecule has 0 aromatic carbocycles. The highest BCUT2D eigenvalue weighted by Crippen LogP contribution is 2.18. The Kier molecular flexibility index (Phi) is 2.59. The number of thiazole rings is 1. The van der Waals surface area contributed by atoms with Crippen LogP contribution >= 0.6 is 11.3 Å². The summed E-state index contributed by atoms with van der Waals surface area (Å²) in [6.07, 6.45) is 4.52. The maximum atomic E-state index is 10.7. The Hall–Kier alpha value is -1.95. The van der Waals surface area contributed by atoms with Gasteiger partial charge < -0.3 is 10.4 Å². The zero-order valence-corrected chi connectivity index (χ0v) is 8.36. The summed E-state index contributed by atoms with van der Waals surface area (Å²) >= 11 is 1.43. The van der Waals surface area contributed by atoms with E-state index < -0.39 is 5.97 Å². The zero-order valence-electron chi connectivity index (χ0n) is 7.54. The third kappa shape index (κ3) is 2.29. The van der Waals surface area contributed by atoms with Crippen LogP contribution in [0.1, 0.15) is 10.4 Å². The van der Waals surface area contributed by atoms with Crippen LogP contribution in [-0.2, 0) is 0 Å². The lowest BCUT2D eigenvalue weighted by Gasteiger charge is -2.02. The molecule has 0 radical (unpaired) electrons. The molecule has 2 heterocycles. The van der Waals surface area contributed by atoms with Crippen molar-refractivity contribution in [1.29, 1.82) is 0 Å². The maximum absolute atomic E-state index is 10.7. The van der Waals surface area contributed by atoms with Gasteiger partial charge in [-0.25, -0.2) is 9.78 Å². The minimum absolute atomic E-state index is 0.150. The van der Waals surface area contributed by atoms with Gasteiger partial charge in [0.25, 0.3) is 0 Å². The summed E-state index contributed by atoms with van der Waals surface area (Å²) in [5.41, 5.74) is 0.765. The largest absolute Gasteiger partial charge is 0.478 e. The fourth-order valence-electron chi connectivity index (χ4n) is 1.03. The number of hydrogen-bond acceptors (Lipinski definition) is 5. The fourth-order valence-corrected chi connectivity index (χ4v) is 1.58. The van der Waals surface area contributed by atoms with E-state index in [1.807, 2.05) is 5.38 Å².